The molecule has 2 aliphatic rings. The molecule has 274 valence electrons. The lowest BCUT2D eigenvalue weighted by molar-refractivity contribution is 0.756. The third-order valence-electron chi connectivity index (χ3n) is 11.9. The second-order valence-corrected chi connectivity index (χ2v) is 15.1. The number of aliphatic imine (C=N–C) groups is 1. The third kappa shape index (κ3) is 5.83. The molecule has 8 aromatic rings. The van der Waals surface area contributed by atoms with Crippen LogP contribution in [0.25, 0.3) is 45.0 Å². The van der Waals surface area contributed by atoms with Gasteiger partial charge < -0.3 is 0 Å². The van der Waals surface area contributed by atoms with Crippen LogP contribution in [-0.4, -0.2) is 5.71 Å². The first-order valence-electron chi connectivity index (χ1n) is 20.0. The molecule has 0 saturated heterocycles. The quantitative estimate of drug-likeness (QED) is 0.109. The third-order valence-corrected chi connectivity index (χ3v) is 11.9. The minimum atomic E-state index is -0.666. The molecule has 2 aliphatic carbocycles. The number of rotatable bonds is 8. The van der Waals surface area contributed by atoms with Crippen LogP contribution in [0.5, 0.6) is 0 Å². The summed E-state index contributed by atoms with van der Waals surface area (Å²) >= 11 is 0. The maximum Gasteiger partial charge on any atom is 0.0898 e. The van der Waals surface area contributed by atoms with Gasteiger partial charge >= 0.3 is 0 Å². The normalized spacial score (nSPS) is 15.6. The Hall–Kier alpha value is -7.35. The molecule has 1 heteroatoms. The first-order valence-corrected chi connectivity index (χ1v) is 20.0. The van der Waals surface area contributed by atoms with Gasteiger partial charge in [-0.15, -0.1) is 0 Å². The van der Waals surface area contributed by atoms with E-state index in [1.165, 1.54) is 66.8 Å². The Morgan fingerprint density at radius 2 is 0.931 bits per heavy atom. The minimum absolute atomic E-state index is 0.666. The van der Waals surface area contributed by atoms with Gasteiger partial charge in [0.1, 0.15) is 0 Å². The van der Waals surface area contributed by atoms with Gasteiger partial charge in [-0.25, -0.2) is 0 Å². The van der Waals surface area contributed by atoms with Gasteiger partial charge in [0.15, 0.2) is 0 Å². The lowest BCUT2D eigenvalue weighted by atomic mass is 9.71. The summed E-state index contributed by atoms with van der Waals surface area (Å²) in [5.41, 5.74) is 20.0. The molecule has 1 nitrogen and oxygen atoms in total. The van der Waals surface area contributed by atoms with E-state index in [1.54, 1.807) is 0 Å². The smallest absolute Gasteiger partial charge is 0.0898 e. The van der Waals surface area contributed by atoms with Crippen LogP contribution in [0.2, 0.25) is 0 Å². The van der Waals surface area contributed by atoms with Gasteiger partial charge in [-0.3, -0.25) is 4.99 Å². The summed E-state index contributed by atoms with van der Waals surface area (Å²) in [5, 5.41) is 0. The van der Waals surface area contributed by atoms with Gasteiger partial charge in [0.05, 0.1) is 11.1 Å². The number of allylic oxidation sites excluding steroid dienone is 3. The molecule has 1 unspecified atom stereocenters. The number of benzene rings is 8. The van der Waals surface area contributed by atoms with E-state index in [0.717, 1.165) is 33.7 Å². The van der Waals surface area contributed by atoms with Crippen molar-refractivity contribution in [3.8, 4) is 22.3 Å². The largest absolute Gasteiger partial charge is 0.255 e. The number of nitrogens with zero attached hydrogens (tertiary/aromatic N) is 1. The predicted molar refractivity (Wildman–Crippen MR) is 245 cm³/mol. The van der Waals surface area contributed by atoms with Crippen LogP contribution >= 0.6 is 0 Å². The van der Waals surface area contributed by atoms with Crippen LogP contribution in [0.4, 0.5) is 0 Å². The molecule has 0 radical (unpaired) electrons. The van der Waals surface area contributed by atoms with E-state index in [-0.39, 0.29) is 0 Å². The highest BCUT2D eigenvalue weighted by molar-refractivity contribution is 6.13. The van der Waals surface area contributed by atoms with Crippen molar-refractivity contribution in [2.75, 3.05) is 0 Å². The summed E-state index contributed by atoms with van der Waals surface area (Å²) in [4.78, 5) is 5.75. The summed E-state index contributed by atoms with van der Waals surface area (Å²) in [6.45, 7) is 6.94. The van der Waals surface area contributed by atoms with Gasteiger partial charge in [-0.05, 0) is 103 Å². The number of fused-ring (bicyclic) bond motifs is 7. The molecular formula is C57H41N. The topological polar surface area (TPSA) is 12.4 Å². The maximum atomic E-state index is 5.75. The zero-order valence-corrected chi connectivity index (χ0v) is 32.4. The first kappa shape index (κ1) is 35.1. The van der Waals surface area contributed by atoms with Crippen LogP contribution < -0.4 is 0 Å². The minimum Gasteiger partial charge on any atom is -0.255 e. The van der Waals surface area contributed by atoms with Crippen LogP contribution in [0, 0.1) is 0 Å². The van der Waals surface area contributed by atoms with Crippen LogP contribution in [-0.2, 0) is 5.41 Å². The Kier molecular flexibility index (Phi) is 8.85. The van der Waals surface area contributed by atoms with Crippen molar-refractivity contribution in [1.29, 1.82) is 0 Å². The SMILES string of the molecule is C=C(C1=C(N=C(C)c2ccccc2)C2(c3ccccc31)c1ccccc1-c1ccc(-c3ccc(/C(=C\c4ccccc4)c4ccccc4)cc3)cc12)c1ccccc1. The fourth-order valence-electron chi connectivity index (χ4n) is 9.12. The van der Waals surface area contributed by atoms with E-state index < -0.39 is 5.41 Å². The Balaban J connectivity index is 1.18. The molecule has 0 N–H and O–H groups in total. The van der Waals surface area contributed by atoms with E-state index in [9.17, 15) is 0 Å². The highest BCUT2D eigenvalue weighted by atomic mass is 14.8. The molecular weight excluding hydrogens is 699 g/mol. The van der Waals surface area contributed by atoms with Gasteiger partial charge in [0.2, 0.25) is 0 Å². The Bertz CT molecular complexity index is 2920. The fraction of sp³-hybridized carbons (Fsp3) is 0.0351. The molecule has 1 spiro atoms. The summed E-state index contributed by atoms with van der Waals surface area (Å²) < 4.78 is 0. The van der Waals surface area contributed by atoms with E-state index in [0.29, 0.717) is 0 Å². The molecule has 10 rings (SSSR count). The zero-order chi connectivity index (χ0) is 39.1. The maximum absolute atomic E-state index is 5.75. The van der Waals surface area contributed by atoms with Gasteiger partial charge in [0.25, 0.3) is 0 Å². The monoisotopic (exact) mass is 739 g/mol. The Labute approximate surface area is 341 Å². The second kappa shape index (κ2) is 14.6. The Morgan fingerprint density at radius 3 is 1.59 bits per heavy atom. The molecule has 1 atom stereocenters. The standard InChI is InChI=1S/C57H41N/c1-39(42-21-9-4-10-22-42)55-50-28-16-18-30-53(50)57(56(55)58-40(2)43-23-11-5-12-24-43)52-29-17-15-27-48(52)49-36-35-47(38-54(49)57)44-31-33-46(34-32-44)51(45-25-13-6-14-26-45)37-41-19-7-3-8-20-41/h3-38H,1H2,2H3/b51-37-,58-40?. The molecule has 0 aromatic heterocycles. The highest BCUT2D eigenvalue weighted by Crippen LogP contribution is 2.64. The van der Waals surface area contributed by atoms with Crippen molar-refractivity contribution in [3.05, 3.63) is 275 Å². The summed E-state index contributed by atoms with van der Waals surface area (Å²) in [7, 11) is 0. The van der Waals surface area contributed by atoms with E-state index in [4.69, 9.17) is 11.6 Å². The zero-order valence-electron chi connectivity index (χ0n) is 32.4. The van der Waals surface area contributed by atoms with Gasteiger partial charge in [-0.2, -0.15) is 0 Å². The number of hydrogen-bond donors (Lipinski definition) is 0. The molecule has 0 bridgehead atoms. The molecule has 0 heterocycles. The molecule has 0 aliphatic heterocycles. The van der Waals surface area contributed by atoms with Crippen LogP contribution in [0.15, 0.2) is 230 Å². The van der Waals surface area contributed by atoms with Crippen molar-refractivity contribution in [1.82, 2.24) is 0 Å². The van der Waals surface area contributed by atoms with Crippen molar-refractivity contribution in [3.63, 3.8) is 0 Å². The molecule has 0 saturated carbocycles. The molecule has 58 heavy (non-hydrogen) atoms. The Morgan fingerprint density at radius 1 is 0.448 bits per heavy atom. The van der Waals surface area contributed by atoms with Crippen molar-refractivity contribution in [2.24, 2.45) is 4.99 Å². The summed E-state index contributed by atoms with van der Waals surface area (Å²) in [6, 6.07) is 76.3. The first-order chi connectivity index (χ1) is 28.6. The fourth-order valence-corrected chi connectivity index (χ4v) is 9.12. The van der Waals surface area contributed by atoms with Gasteiger partial charge in [0, 0.05) is 11.3 Å². The molecule has 0 fully saturated rings. The summed E-state index contributed by atoms with van der Waals surface area (Å²) in [5.74, 6) is 0. The number of hydrogen-bond acceptors (Lipinski definition) is 1. The lowest BCUT2D eigenvalue weighted by Crippen LogP contribution is -2.27. The van der Waals surface area contributed by atoms with Crippen molar-refractivity contribution in [2.45, 2.75) is 12.3 Å². The van der Waals surface area contributed by atoms with E-state index in [2.05, 4.69) is 225 Å². The molecule has 8 aromatic carbocycles. The highest BCUT2D eigenvalue weighted by Gasteiger charge is 2.54. The van der Waals surface area contributed by atoms with Gasteiger partial charge in [-0.1, -0.05) is 213 Å². The van der Waals surface area contributed by atoms with E-state index >= 15 is 0 Å². The average molecular weight is 740 g/mol. The predicted octanol–water partition coefficient (Wildman–Crippen LogP) is 14.2. The second-order valence-electron chi connectivity index (χ2n) is 15.1. The molecule has 0 amide bonds. The summed E-state index contributed by atoms with van der Waals surface area (Å²) in [6.07, 6.45) is 2.28. The van der Waals surface area contributed by atoms with Crippen molar-refractivity contribution >= 4 is 28.5 Å². The van der Waals surface area contributed by atoms with Crippen LogP contribution in [0.3, 0.4) is 0 Å². The van der Waals surface area contributed by atoms with Crippen LogP contribution in [0.1, 0.15) is 57.0 Å². The average Bonchev–Trinajstić information content (AvgIpc) is 3.75. The van der Waals surface area contributed by atoms with E-state index in [1.807, 2.05) is 0 Å². The van der Waals surface area contributed by atoms with Crippen molar-refractivity contribution < 1.29 is 0 Å². The lowest BCUT2D eigenvalue weighted by Gasteiger charge is -2.31.